The first kappa shape index (κ1) is 18.6. The lowest BCUT2D eigenvalue weighted by Crippen LogP contribution is -2.35. The number of carbonyl (C=O) groups excluding carboxylic acids is 3. The Morgan fingerprint density at radius 1 is 1.15 bits per heavy atom. The molecule has 0 bridgehead atoms. The Morgan fingerprint density at radius 2 is 1.85 bits per heavy atom. The van der Waals surface area contributed by atoms with Crippen LogP contribution in [0.5, 0.6) is 0 Å². The second-order valence-electron chi connectivity index (χ2n) is 6.55. The van der Waals surface area contributed by atoms with E-state index in [9.17, 15) is 14.4 Å². The Hall–Kier alpha value is -3.15. The van der Waals surface area contributed by atoms with Gasteiger partial charge in [0.05, 0.1) is 24.3 Å². The third kappa shape index (κ3) is 3.84. The number of rotatable bonds is 5. The number of esters is 1. The Labute approximate surface area is 158 Å². The van der Waals surface area contributed by atoms with Crippen molar-refractivity contribution in [2.75, 3.05) is 16.8 Å². The summed E-state index contributed by atoms with van der Waals surface area (Å²) in [7, 11) is 0. The van der Waals surface area contributed by atoms with E-state index in [2.05, 4.69) is 5.32 Å². The molecule has 1 aliphatic rings. The molecule has 2 aromatic rings. The summed E-state index contributed by atoms with van der Waals surface area (Å²) in [6.45, 7) is 5.95. The van der Waals surface area contributed by atoms with E-state index in [1.54, 1.807) is 31.2 Å². The number of nitrogens with one attached hydrogen (secondary N) is 1. The highest BCUT2D eigenvalue weighted by Crippen LogP contribution is 2.27. The van der Waals surface area contributed by atoms with E-state index < -0.39 is 12.0 Å². The van der Waals surface area contributed by atoms with Gasteiger partial charge in [0.25, 0.3) is 5.91 Å². The minimum absolute atomic E-state index is 0.0891. The van der Waals surface area contributed by atoms with Crippen molar-refractivity contribution in [1.82, 2.24) is 0 Å². The quantitative estimate of drug-likeness (QED) is 0.649. The number of benzene rings is 2. The molecule has 0 radical (unpaired) electrons. The zero-order valence-electron chi connectivity index (χ0n) is 15.6. The topological polar surface area (TPSA) is 75.7 Å². The number of anilines is 2. The van der Waals surface area contributed by atoms with Crippen LogP contribution in [0.2, 0.25) is 0 Å². The van der Waals surface area contributed by atoms with Crippen molar-refractivity contribution < 1.29 is 19.1 Å². The van der Waals surface area contributed by atoms with Crippen LogP contribution in [0.15, 0.2) is 42.5 Å². The fourth-order valence-corrected chi connectivity index (χ4v) is 3.06. The highest BCUT2D eigenvalue weighted by molar-refractivity contribution is 6.23. The van der Waals surface area contributed by atoms with Gasteiger partial charge in [-0.3, -0.25) is 9.59 Å². The fourth-order valence-electron chi connectivity index (χ4n) is 3.06. The number of carbonyl (C=O) groups is 3. The van der Waals surface area contributed by atoms with Crippen LogP contribution in [-0.2, 0) is 14.3 Å². The van der Waals surface area contributed by atoms with E-state index in [1.807, 2.05) is 32.0 Å². The minimum atomic E-state index is -0.609. The zero-order chi connectivity index (χ0) is 19.6. The van der Waals surface area contributed by atoms with Gasteiger partial charge in [0.1, 0.15) is 6.04 Å². The molecule has 0 spiro atoms. The first-order valence-electron chi connectivity index (χ1n) is 8.88. The summed E-state index contributed by atoms with van der Waals surface area (Å²) >= 11 is 0. The molecule has 1 aliphatic heterocycles. The average Bonchev–Trinajstić information content (AvgIpc) is 2.92. The van der Waals surface area contributed by atoms with Crippen LogP contribution in [-0.4, -0.2) is 30.4 Å². The van der Waals surface area contributed by atoms with Crippen LogP contribution in [0.4, 0.5) is 11.4 Å². The molecule has 6 nitrogen and oxygen atoms in total. The Balaban J connectivity index is 1.78. The number of amides is 2. The second-order valence-corrected chi connectivity index (χ2v) is 6.55. The molecular formula is C21H22N2O4. The summed E-state index contributed by atoms with van der Waals surface area (Å²) in [5.74, 6) is -1.01. The predicted molar refractivity (Wildman–Crippen MR) is 103 cm³/mol. The Kier molecular flexibility index (Phi) is 5.26. The van der Waals surface area contributed by atoms with Crippen LogP contribution >= 0.6 is 0 Å². The summed E-state index contributed by atoms with van der Waals surface area (Å²) in [5, 5.41) is 3.19. The molecule has 3 rings (SSSR count). The van der Waals surface area contributed by atoms with Gasteiger partial charge in [-0.05, 0) is 62.2 Å². The summed E-state index contributed by atoms with van der Waals surface area (Å²) < 4.78 is 4.94. The predicted octanol–water partition coefficient (Wildman–Crippen LogP) is 3.22. The zero-order valence-corrected chi connectivity index (χ0v) is 15.6. The van der Waals surface area contributed by atoms with E-state index >= 15 is 0 Å². The normalized spacial score (nSPS) is 16.6. The third-order valence-electron chi connectivity index (χ3n) is 4.51. The van der Waals surface area contributed by atoms with Crippen LogP contribution in [0.3, 0.4) is 0 Å². The van der Waals surface area contributed by atoms with Gasteiger partial charge in [-0.25, -0.2) is 9.69 Å². The number of nitrogens with zero attached hydrogens (tertiary/aromatic N) is 1. The number of imide groups is 1. The molecule has 2 amide bonds. The molecule has 0 unspecified atom stereocenters. The van der Waals surface area contributed by atoms with Gasteiger partial charge < -0.3 is 10.1 Å². The van der Waals surface area contributed by atoms with Gasteiger partial charge >= 0.3 is 5.97 Å². The highest BCUT2D eigenvalue weighted by Gasteiger charge is 2.39. The van der Waals surface area contributed by atoms with Gasteiger partial charge in [-0.1, -0.05) is 12.1 Å². The molecule has 1 saturated heterocycles. The summed E-state index contributed by atoms with van der Waals surface area (Å²) in [6.07, 6.45) is 0.0891. The standard InChI is InChI=1S/C21H22N2O4/c1-4-27-21(26)15-7-9-16(10-8-15)23-19(24)12-18(20(23)25)22-17-11-13(2)5-6-14(17)3/h5-11,18,22H,4,12H2,1-3H3/t18-/m1/s1. The molecule has 1 fully saturated rings. The molecule has 140 valence electrons. The lowest BCUT2D eigenvalue weighted by molar-refractivity contribution is -0.121. The minimum Gasteiger partial charge on any atom is -0.462 e. The largest absolute Gasteiger partial charge is 0.462 e. The summed E-state index contributed by atoms with van der Waals surface area (Å²) in [5.41, 5.74) is 3.76. The molecule has 1 N–H and O–H groups in total. The number of hydrogen-bond acceptors (Lipinski definition) is 5. The van der Waals surface area contributed by atoms with Crippen LogP contribution in [0.25, 0.3) is 0 Å². The van der Waals surface area contributed by atoms with Gasteiger partial charge in [-0.2, -0.15) is 0 Å². The number of aryl methyl sites for hydroxylation is 2. The lowest BCUT2D eigenvalue weighted by Gasteiger charge is -2.17. The maximum atomic E-state index is 12.8. The number of ether oxygens (including phenoxy) is 1. The lowest BCUT2D eigenvalue weighted by atomic mass is 10.1. The van der Waals surface area contributed by atoms with E-state index in [1.165, 1.54) is 0 Å². The maximum Gasteiger partial charge on any atom is 0.338 e. The van der Waals surface area contributed by atoms with Gasteiger partial charge in [-0.15, -0.1) is 0 Å². The highest BCUT2D eigenvalue weighted by atomic mass is 16.5. The van der Waals surface area contributed by atoms with Crippen molar-refractivity contribution in [1.29, 1.82) is 0 Å². The maximum absolute atomic E-state index is 12.8. The van der Waals surface area contributed by atoms with Crippen molar-refractivity contribution in [3.05, 3.63) is 59.2 Å². The molecule has 27 heavy (non-hydrogen) atoms. The first-order chi connectivity index (χ1) is 12.9. The van der Waals surface area contributed by atoms with E-state index in [0.29, 0.717) is 11.3 Å². The second kappa shape index (κ2) is 7.61. The van der Waals surface area contributed by atoms with Crippen LogP contribution in [0, 0.1) is 13.8 Å². The summed E-state index contributed by atoms with van der Waals surface area (Å²) in [4.78, 5) is 38.1. The fraction of sp³-hybridized carbons (Fsp3) is 0.286. The summed E-state index contributed by atoms with van der Waals surface area (Å²) in [6, 6.07) is 11.6. The first-order valence-corrected chi connectivity index (χ1v) is 8.88. The van der Waals surface area contributed by atoms with Crippen molar-refractivity contribution in [3.63, 3.8) is 0 Å². The molecule has 6 heteroatoms. The molecular weight excluding hydrogens is 344 g/mol. The van der Waals surface area contributed by atoms with Gasteiger partial charge in [0.2, 0.25) is 5.91 Å². The smallest absolute Gasteiger partial charge is 0.338 e. The van der Waals surface area contributed by atoms with Crippen LogP contribution < -0.4 is 10.2 Å². The van der Waals surface area contributed by atoms with Crippen LogP contribution in [0.1, 0.15) is 34.8 Å². The Bertz CT molecular complexity index is 890. The molecule has 2 aromatic carbocycles. The van der Waals surface area contributed by atoms with Crippen molar-refractivity contribution in [2.45, 2.75) is 33.2 Å². The number of hydrogen-bond donors (Lipinski definition) is 1. The van der Waals surface area contributed by atoms with Crippen molar-refractivity contribution in [3.8, 4) is 0 Å². The van der Waals surface area contributed by atoms with E-state index in [-0.39, 0.29) is 24.8 Å². The molecule has 0 aromatic heterocycles. The van der Waals surface area contributed by atoms with Crippen molar-refractivity contribution in [2.24, 2.45) is 0 Å². The molecule has 0 saturated carbocycles. The van der Waals surface area contributed by atoms with Crippen molar-refractivity contribution >= 4 is 29.2 Å². The third-order valence-corrected chi connectivity index (χ3v) is 4.51. The van der Waals surface area contributed by atoms with Gasteiger partial charge in [0, 0.05) is 5.69 Å². The molecule has 1 heterocycles. The van der Waals surface area contributed by atoms with E-state index in [4.69, 9.17) is 4.74 Å². The monoisotopic (exact) mass is 366 g/mol. The molecule has 1 atom stereocenters. The SMILES string of the molecule is CCOC(=O)c1ccc(N2C(=O)C[C@@H](Nc3cc(C)ccc3C)C2=O)cc1. The average molecular weight is 366 g/mol. The van der Waals surface area contributed by atoms with Gasteiger partial charge in [0.15, 0.2) is 0 Å². The Morgan fingerprint density at radius 3 is 2.52 bits per heavy atom. The van der Waals surface area contributed by atoms with E-state index in [0.717, 1.165) is 21.7 Å². The molecule has 0 aliphatic carbocycles.